The van der Waals surface area contributed by atoms with Crippen LogP contribution in [0.15, 0.2) is 36.8 Å². The van der Waals surface area contributed by atoms with E-state index in [1.165, 1.54) is 0 Å². The molecule has 0 unspecified atom stereocenters. The first-order valence-electron chi connectivity index (χ1n) is 11.4. The lowest BCUT2D eigenvalue weighted by molar-refractivity contribution is 0.00732. The fourth-order valence-corrected chi connectivity index (χ4v) is 4.44. The second kappa shape index (κ2) is 8.37. The van der Waals surface area contributed by atoms with Gasteiger partial charge in [-0.05, 0) is 38.8 Å². The predicted molar refractivity (Wildman–Crippen MR) is 128 cm³/mol. The molecule has 0 aromatic carbocycles. The van der Waals surface area contributed by atoms with Gasteiger partial charge in [-0.1, -0.05) is 0 Å². The van der Waals surface area contributed by atoms with Crippen molar-refractivity contribution >= 4 is 17.4 Å². The molecule has 3 aliphatic rings. The van der Waals surface area contributed by atoms with Crippen molar-refractivity contribution in [1.82, 2.24) is 29.5 Å². The number of amides is 1. The highest BCUT2D eigenvalue weighted by Gasteiger charge is 2.33. The standard InChI is InChI=1S/C24H29N7O3/c1-24(2,33)13-30-9-5-6-14-15(11-26-21(14)30)18-10-20(25-3)31-22(28-18)16(12-27-31)23(32)29-17-7-8-19(17)34-4/h5-6,9-12,17,19,25,33H,7-8,13H2,1-4H3,(H,29,32)/t17-,19-/m0/s1. The van der Waals surface area contributed by atoms with Gasteiger partial charge in [0.2, 0.25) is 0 Å². The van der Waals surface area contributed by atoms with Gasteiger partial charge in [0.1, 0.15) is 17.2 Å². The number of nitrogens with one attached hydrogen (secondary N) is 2. The molecule has 1 aliphatic carbocycles. The average molecular weight is 464 g/mol. The molecule has 0 bridgehead atoms. The topological polar surface area (TPSA) is 119 Å². The van der Waals surface area contributed by atoms with E-state index in [0.29, 0.717) is 29.3 Å². The van der Waals surface area contributed by atoms with E-state index in [1.54, 1.807) is 44.9 Å². The van der Waals surface area contributed by atoms with Crippen molar-refractivity contribution in [2.45, 2.75) is 51.0 Å². The zero-order valence-corrected chi connectivity index (χ0v) is 19.7. The predicted octanol–water partition coefficient (Wildman–Crippen LogP) is 2.42. The Kier molecular flexibility index (Phi) is 5.49. The molecule has 178 valence electrons. The number of fused-ring (bicyclic) bond motifs is 2. The SMILES string of the molecule is CNc1cc(-c2cnc3n(CC(C)(C)O)cccc2-3)nc2c(C(=O)N[C@H]3CC[C@@H]3OC)cnn12. The lowest BCUT2D eigenvalue weighted by atomic mass is 9.89. The summed E-state index contributed by atoms with van der Waals surface area (Å²) in [7, 11) is 3.46. The van der Waals surface area contributed by atoms with Crippen LogP contribution < -0.4 is 10.6 Å². The number of anilines is 1. The van der Waals surface area contributed by atoms with Crippen LogP contribution in [0.5, 0.6) is 0 Å². The minimum absolute atomic E-state index is 0.00570. The van der Waals surface area contributed by atoms with E-state index in [2.05, 4.69) is 20.7 Å². The Hall–Kier alpha value is -3.50. The van der Waals surface area contributed by atoms with Crippen molar-refractivity contribution in [2.75, 3.05) is 19.5 Å². The van der Waals surface area contributed by atoms with Gasteiger partial charge in [-0.2, -0.15) is 9.61 Å². The molecule has 34 heavy (non-hydrogen) atoms. The fourth-order valence-electron chi connectivity index (χ4n) is 4.44. The van der Waals surface area contributed by atoms with Crippen molar-refractivity contribution < 1.29 is 14.6 Å². The van der Waals surface area contributed by atoms with Gasteiger partial charge in [-0.25, -0.2) is 9.97 Å². The molecular weight excluding hydrogens is 434 g/mol. The molecule has 4 heterocycles. The quantitative estimate of drug-likeness (QED) is 0.385. The molecule has 0 radical (unpaired) electrons. The molecule has 0 spiro atoms. The second-order valence-corrected chi connectivity index (χ2v) is 9.36. The van der Waals surface area contributed by atoms with Crippen LogP contribution >= 0.6 is 0 Å². The average Bonchev–Trinajstić information content (AvgIpc) is 3.40. The lowest BCUT2D eigenvalue weighted by Crippen LogP contribution is -2.51. The summed E-state index contributed by atoms with van der Waals surface area (Å²) in [5, 5.41) is 20.9. The molecule has 3 N–H and O–H groups in total. The van der Waals surface area contributed by atoms with Crippen LogP contribution in [0.4, 0.5) is 5.82 Å². The Bertz CT molecular complexity index is 1320. The second-order valence-electron chi connectivity index (χ2n) is 9.36. The highest BCUT2D eigenvalue weighted by atomic mass is 16.5. The molecule has 2 atom stereocenters. The number of ether oxygens (including phenoxy) is 1. The van der Waals surface area contributed by atoms with E-state index in [-0.39, 0.29) is 18.1 Å². The maximum Gasteiger partial charge on any atom is 0.257 e. The Labute approximate surface area is 197 Å². The Balaban J connectivity index is 1.54. The first-order chi connectivity index (χ1) is 16.3. The molecule has 0 saturated heterocycles. The third-order valence-corrected chi connectivity index (χ3v) is 6.28. The summed E-state index contributed by atoms with van der Waals surface area (Å²) in [6.45, 7) is 3.94. The number of hydrogen-bond donors (Lipinski definition) is 3. The molecule has 2 aromatic heterocycles. The summed E-state index contributed by atoms with van der Waals surface area (Å²) in [5.41, 5.74) is 2.41. The van der Waals surface area contributed by atoms with Crippen LogP contribution in [0.25, 0.3) is 28.3 Å². The highest BCUT2D eigenvalue weighted by molar-refractivity contribution is 6.00. The van der Waals surface area contributed by atoms with Gasteiger partial charge in [0.05, 0.1) is 36.2 Å². The normalized spacial score (nSPS) is 18.3. The summed E-state index contributed by atoms with van der Waals surface area (Å²) in [4.78, 5) is 22.5. The first-order valence-corrected chi connectivity index (χ1v) is 11.4. The molecule has 10 nitrogen and oxygen atoms in total. The Morgan fingerprint density at radius 1 is 1.29 bits per heavy atom. The molecule has 2 aromatic rings. The van der Waals surface area contributed by atoms with E-state index >= 15 is 0 Å². The fraction of sp³-hybridized carbons (Fsp3) is 0.417. The number of methoxy groups -OCH3 is 1. The van der Waals surface area contributed by atoms with Crippen LogP contribution in [-0.2, 0) is 11.3 Å². The maximum atomic E-state index is 13.1. The van der Waals surface area contributed by atoms with Gasteiger partial charge in [-0.3, -0.25) is 4.79 Å². The monoisotopic (exact) mass is 463 g/mol. The number of aromatic nitrogens is 5. The van der Waals surface area contributed by atoms with Gasteiger partial charge < -0.3 is 25.0 Å². The summed E-state index contributed by atoms with van der Waals surface area (Å²) in [6, 6.07) is 5.79. The number of carbonyl (C=O) groups excluding carboxylic acids is 1. The molecule has 1 fully saturated rings. The van der Waals surface area contributed by atoms with E-state index in [4.69, 9.17) is 9.72 Å². The van der Waals surface area contributed by atoms with Gasteiger partial charge >= 0.3 is 0 Å². The number of carbonyl (C=O) groups is 1. The number of aliphatic hydroxyl groups is 1. The third-order valence-electron chi connectivity index (χ3n) is 6.28. The Morgan fingerprint density at radius 2 is 2.12 bits per heavy atom. The van der Waals surface area contributed by atoms with E-state index in [1.807, 2.05) is 29.0 Å². The highest BCUT2D eigenvalue weighted by Crippen LogP contribution is 2.34. The van der Waals surface area contributed by atoms with Crippen LogP contribution in [0.2, 0.25) is 0 Å². The summed E-state index contributed by atoms with van der Waals surface area (Å²) in [6.07, 6.45) is 7.09. The minimum Gasteiger partial charge on any atom is -0.389 e. The van der Waals surface area contributed by atoms with Crippen molar-refractivity contribution in [3.63, 3.8) is 0 Å². The summed E-state index contributed by atoms with van der Waals surface area (Å²) >= 11 is 0. The van der Waals surface area contributed by atoms with Crippen LogP contribution in [0.1, 0.15) is 37.0 Å². The third kappa shape index (κ3) is 3.88. The van der Waals surface area contributed by atoms with E-state index in [9.17, 15) is 9.90 Å². The van der Waals surface area contributed by atoms with Crippen molar-refractivity contribution in [2.24, 2.45) is 0 Å². The van der Waals surface area contributed by atoms with Crippen molar-refractivity contribution in [1.29, 1.82) is 0 Å². The van der Waals surface area contributed by atoms with Gasteiger partial charge in [-0.15, -0.1) is 0 Å². The largest absolute Gasteiger partial charge is 0.389 e. The first kappa shape index (κ1) is 22.3. The van der Waals surface area contributed by atoms with Crippen LogP contribution in [0.3, 0.4) is 0 Å². The molecular formula is C24H29N7O3. The molecule has 2 aliphatic heterocycles. The van der Waals surface area contributed by atoms with Crippen molar-refractivity contribution in [3.8, 4) is 22.6 Å². The van der Waals surface area contributed by atoms with Crippen LogP contribution in [0, 0.1) is 0 Å². The van der Waals surface area contributed by atoms with E-state index < -0.39 is 5.60 Å². The summed E-state index contributed by atoms with van der Waals surface area (Å²) < 4.78 is 8.96. The Morgan fingerprint density at radius 3 is 2.79 bits per heavy atom. The molecule has 5 rings (SSSR count). The number of rotatable bonds is 7. The lowest BCUT2D eigenvalue weighted by Gasteiger charge is -2.35. The number of hydrogen-bond acceptors (Lipinski definition) is 7. The smallest absolute Gasteiger partial charge is 0.257 e. The maximum absolute atomic E-state index is 13.1. The van der Waals surface area contributed by atoms with Crippen molar-refractivity contribution in [3.05, 3.63) is 42.4 Å². The molecule has 1 amide bonds. The van der Waals surface area contributed by atoms with E-state index in [0.717, 1.165) is 29.8 Å². The van der Waals surface area contributed by atoms with Gasteiger partial charge in [0.15, 0.2) is 5.65 Å². The summed E-state index contributed by atoms with van der Waals surface area (Å²) in [5.74, 6) is 1.24. The van der Waals surface area contributed by atoms with Gasteiger partial charge in [0, 0.05) is 43.7 Å². The number of pyridine rings is 1. The minimum atomic E-state index is -0.878. The van der Waals surface area contributed by atoms with Crippen LogP contribution in [-0.4, -0.2) is 67.1 Å². The zero-order chi connectivity index (χ0) is 24.0. The van der Waals surface area contributed by atoms with Gasteiger partial charge in [0.25, 0.3) is 5.91 Å². The molecule has 10 heteroatoms. The molecule has 1 saturated carbocycles. The zero-order valence-electron chi connectivity index (χ0n) is 19.7. The number of nitrogens with zero attached hydrogens (tertiary/aromatic N) is 5.